The maximum Gasteiger partial charge on any atom is 0.349 e. The lowest BCUT2D eigenvalue weighted by Crippen LogP contribution is -2.10. The van der Waals surface area contributed by atoms with Crippen LogP contribution in [0.25, 0.3) is 11.3 Å². The maximum absolute atomic E-state index is 12.6. The van der Waals surface area contributed by atoms with Crippen molar-refractivity contribution in [3.8, 4) is 17.0 Å². The zero-order valence-corrected chi connectivity index (χ0v) is 14.5. The molecule has 0 saturated carbocycles. The van der Waals surface area contributed by atoms with Crippen molar-refractivity contribution in [1.29, 1.82) is 0 Å². The summed E-state index contributed by atoms with van der Waals surface area (Å²) in [6, 6.07) is 12.2. The Labute approximate surface area is 148 Å². The number of benzene rings is 2. The quantitative estimate of drug-likeness (QED) is 0.457. The van der Waals surface area contributed by atoms with Gasteiger partial charge >= 0.3 is 5.97 Å². The van der Waals surface area contributed by atoms with Crippen LogP contribution in [0.1, 0.15) is 21.7 Å². The molecule has 0 saturated heterocycles. The molecule has 0 unspecified atom stereocenters. The summed E-state index contributed by atoms with van der Waals surface area (Å²) in [6.07, 6.45) is 0. The second kappa shape index (κ2) is 6.67. The lowest BCUT2D eigenvalue weighted by atomic mass is 10.1. The Bertz CT molecular complexity index is 881. The van der Waals surface area contributed by atoms with E-state index in [0.717, 1.165) is 5.56 Å². The molecule has 3 aromatic rings. The molecule has 24 heavy (non-hydrogen) atoms. The third kappa shape index (κ3) is 3.16. The van der Waals surface area contributed by atoms with Crippen LogP contribution in [0.4, 0.5) is 0 Å². The van der Waals surface area contributed by atoms with Gasteiger partial charge in [0.1, 0.15) is 22.8 Å². The summed E-state index contributed by atoms with van der Waals surface area (Å²) < 4.78 is 10.6. The van der Waals surface area contributed by atoms with Crippen LogP contribution in [0.5, 0.6) is 5.75 Å². The van der Waals surface area contributed by atoms with Gasteiger partial charge in [0.05, 0.1) is 10.0 Å². The molecule has 4 nitrogen and oxygen atoms in total. The summed E-state index contributed by atoms with van der Waals surface area (Å²) in [5.41, 5.74) is 1.97. The number of carbonyl (C=O) groups excluding carboxylic acids is 1. The van der Waals surface area contributed by atoms with Crippen molar-refractivity contribution in [2.24, 2.45) is 0 Å². The average Bonchev–Trinajstić information content (AvgIpc) is 2.91. The monoisotopic (exact) mass is 361 g/mol. The number of ether oxygens (including phenoxy) is 1. The molecule has 1 heterocycles. The third-order valence-corrected chi connectivity index (χ3v) is 4.13. The molecule has 3 rings (SSSR count). The van der Waals surface area contributed by atoms with Gasteiger partial charge < -0.3 is 9.26 Å². The summed E-state index contributed by atoms with van der Waals surface area (Å²) in [5.74, 6) is 0.184. The van der Waals surface area contributed by atoms with Crippen LogP contribution in [0.2, 0.25) is 10.0 Å². The van der Waals surface area contributed by atoms with Crippen molar-refractivity contribution in [2.75, 3.05) is 0 Å². The van der Waals surface area contributed by atoms with Gasteiger partial charge in [-0.1, -0.05) is 52.1 Å². The van der Waals surface area contributed by atoms with Gasteiger partial charge in [0.2, 0.25) is 0 Å². The number of aryl methyl sites for hydroxylation is 2. The minimum Gasteiger partial charge on any atom is -0.423 e. The lowest BCUT2D eigenvalue weighted by Gasteiger charge is -2.07. The summed E-state index contributed by atoms with van der Waals surface area (Å²) in [4.78, 5) is 12.6. The number of rotatable bonds is 3. The van der Waals surface area contributed by atoms with Crippen LogP contribution < -0.4 is 4.74 Å². The molecule has 6 heteroatoms. The van der Waals surface area contributed by atoms with E-state index in [4.69, 9.17) is 32.5 Å². The molecule has 0 aliphatic rings. The van der Waals surface area contributed by atoms with Crippen molar-refractivity contribution in [1.82, 2.24) is 5.16 Å². The molecule has 0 N–H and O–H groups in total. The first-order chi connectivity index (χ1) is 11.5. The first-order valence-electron chi connectivity index (χ1n) is 7.17. The number of halogens is 2. The zero-order valence-electron chi connectivity index (χ0n) is 13.0. The highest BCUT2D eigenvalue weighted by molar-refractivity contribution is 6.39. The molecule has 0 bridgehead atoms. The standard InChI is InChI=1S/C18H13Cl2NO3/c1-10-6-8-12(9-7-10)23-18(22)15-11(2)24-21-17(15)16-13(19)4-3-5-14(16)20/h3-9H,1-2H3. The number of hydrogen-bond acceptors (Lipinski definition) is 4. The Morgan fingerprint density at radius 2 is 1.67 bits per heavy atom. The Hall–Kier alpha value is -2.30. The molecular weight excluding hydrogens is 349 g/mol. The summed E-state index contributed by atoms with van der Waals surface area (Å²) in [5, 5.41) is 4.69. The van der Waals surface area contributed by atoms with Crippen LogP contribution in [-0.4, -0.2) is 11.1 Å². The molecule has 0 aliphatic carbocycles. The fraction of sp³-hybridized carbons (Fsp3) is 0.111. The zero-order chi connectivity index (χ0) is 17.3. The first kappa shape index (κ1) is 16.6. The van der Waals surface area contributed by atoms with Crippen molar-refractivity contribution in [3.63, 3.8) is 0 Å². The Morgan fingerprint density at radius 1 is 1.04 bits per heavy atom. The topological polar surface area (TPSA) is 52.3 Å². The number of aromatic nitrogens is 1. The van der Waals surface area contributed by atoms with Crippen LogP contribution in [-0.2, 0) is 0 Å². The predicted octanol–water partition coefficient (Wildman–Crippen LogP) is 5.48. The minimum absolute atomic E-state index is 0.200. The van der Waals surface area contributed by atoms with Crippen molar-refractivity contribution < 1.29 is 14.1 Å². The normalized spacial score (nSPS) is 10.7. The molecule has 0 radical (unpaired) electrons. The summed E-state index contributed by atoms with van der Waals surface area (Å²) >= 11 is 12.4. The van der Waals surface area contributed by atoms with E-state index in [9.17, 15) is 4.79 Å². The Morgan fingerprint density at radius 3 is 2.29 bits per heavy atom. The van der Waals surface area contributed by atoms with E-state index >= 15 is 0 Å². The van der Waals surface area contributed by atoms with E-state index in [1.54, 1.807) is 37.3 Å². The highest BCUT2D eigenvalue weighted by Crippen LogP contribution is 2.37. The predicted molar refractivity (Wildman–Crippen MR) is 92.8 cm³/mol. The Balaban J connectivity index is 2.01. The minimum atomic E-state index is -0.580. The molecule has 122 valence electrons. The second-order valence-electron chi connectivity index (χ2n) is 5.26. The number of carbonyl (C=O) groups is 1. The summed E-state index contributed by atoms with van der Waals surface area (Å²) in [6.45, 7) is 3.58. The first-order valence-corrected chi connectivity index (χ1v) is 7.92. The van der Waals surface area contributed by atoms with E-state index in [-0.39, 0.29) is 11.3 Å². The molecule has 0 amide bonds. The van der Waals surface area contributed by atoms with E-state index < -0.39 is 5.97 Å². The molecule has 0 aliphatic heterocycles. The molecular formula is C18H13Cl2NO3. The van der Waals surface area contributed by atoms with E-state index in [0.29, 0.717) is 27.1 Å². The van der Waals surface area contributed by atoms with Gasteiger partial charge in [-0.15, -0.1) is 0 Å². The fourth-order valence-corrected chi connectivity index (χ4v) is 2.85. The van der Waals surface area contributed by atoms with Crippen LogP contribution >= 0.6 is 23.2 Å². The van der Waals surface area contributed by atoms with Gasteiger partial charge in [-0.25, -0.2) is 4.79 Å². The maximum atomic E-state index is 12.6. The van der Waals surface area contributed by atoms with Gasteiger partial charge in [-0.05, 0) is 38.1 Å². The Kier molecular flexibility index (Phi) is 4.60. The molecule has 2 aromatic carbocycles. The van der Waals surface area contributed by atoms with Crippen LogP contribution in [0.15, 0.2) is 47.0 Å². The SMILES string of the molecule is Cc1ccc(OC(=O)c2c(-c3c(Cl)cccc3Cl)noc2C)cc1. The van der Waals surface area contributed by atoms with Crippen molar-refractivity contribution >= 4 is 29.2 Å². The van der Waals surface area contributed by atoms with Gasteiger partial charge in [-0.3, -0.25) is 0 Å². The smallest absolute Gasteiger partial charge is 0.349 e. The molecule has 1 aromatic heterocycles. The van der Waals surface area contributed by atoms with E-state index in [2.05, 4.69) is 5.16 Å². The number of hydrogen-bond donors (Lipinski definition) is 0. The largest absolute Gasteiger partial charge is 0.423 e. The van der Waals surface area contributed by atoms with Gasteiger partial charge in [0, 0.05) is 5.56 Å². The van der Waals surface area contributed by atoms with Gasteiger partial charge in [0.25, 0.3) is 0 Å². The molecule has 0 spiro atoms. The van der Waals surface area contributed by atoms with Crippen LogP contribution in [0.3, 0.4) is 0 Å². The summed E-state index contributed by atoms with van der Waals surface area (Å²) in [7, 11) is 0. The number of esters is 1. The highest BCUT2D eigenvalue weighted by atomic mass is 35.5. The number of nitrogens with zero attached hydrogens (tertiary/aromatic N) is 1. The molecule has 0 atom stereocenters. The second-order valence-corrected chi connectivity index (χ2v) is 6.08. The fourth-order valence-electron chi connectivity index (χ4n) is 2.27. The van der Waals surface area contributed by atoms with Crippen molar-refractivity contribution in [3.05, 3.63) is 69.4 Å². The van der Waals surface area contributed by atoms with E-state index in [1.165, 1.54) is 0 Å². The van der Waals surface area contributed by atoms with Gasteiger partial charge in [-0.2, -0.15) is 0 Å². The average molecular weight is 362 g/mol. The third-order valence-electron chi connectivity index (χ3n) is 3.50. The lowest BCUT2D eigenvalue weighted by molar-refractivity contribution is 0.0733. The van der Waals surface area contributed by atoms with Crippen LogP contribution in [0, 0.1) is 13.8 Å². The highest BCUT2D eigenvalue weighted by Gasteiger charge is 2.26. The van der Waals surface area contributed by atoms with Crippen molar-refractivity contribution in [2.45, 2.75) is 13.8 Å². The van der Waals surface area contributed by atoms with E-state index in [1.807, 2.05) is 19.1 Å². The molecule has 0 fully saturated rings. The van der Waals surface area contributed by atoms with Gasteiger partial charge in [0.15, 0.2) is 0 Å².